The Morgan fingerprint density at radius 3 is 2.34 bits per heavy atom. The molecule has 2 aromatic rings. The number of methoxy groups -OCH3 is 2. The van der Waals surface area contributed by atoms with Crippen molar-refractivity contribution < 1.29 is 27.5 Å². The largest absolute Gasteiger partial charge is 0.493 e. The Kier molecular flexibility index (Phi) is 8.62. The van der Waals surface area contributed by atoms with E-state index in [9.17, 15) is 18.0 Å². The SMILES string of the molecule is CC[C@@H](C)NC(=O)c1ccccc1NC(=O)CN(C)S(=O)(=O)c1ccc(OC)c(OC)c1. The maximum atomic E-state index is 12.9. The number of sulfonamides is 1. The van der Waals surface area contributed by atoms with E-state index in [2.05, 4.69) is 10.6 Å². The van der Waals surface area contributed by atoms with Crippen LogP contribution < -0.4 is 20.1 Å². The van der Waals surface area contributed by atoms with Crippen molar-refractivity contribution in [3.05, 3.63) is 48.0 Å². The molecule has 0 heterocycles. The minimum Gasteiger partial charge on any atom is -0.493 e. The fraction of sp³-hybridized carbons (Fsp3) is 0.364. The molecule has 0 bridgehead atoms. The minimum atomic E-state index is -3.97. The average molecular weight is 464 g/mol. The molecule has 10 heteroatoms. The zero-order valence-corrected chi connectivity index (χ0v) is 19.7. The van der Waals surface area contributed by atoms with Crippen molar-refractivity contribution in [3.63, 3.8) is 0 Å². The molecule has 9 nitrogen and oxygen atoms in total. The first-order chi connectivity index (χ1) is 15.1. The zero-order valence-electron chi connectivity index (χ0n) is 18.8. The highest BCUT2D eigenvalue weighted by Gasteiger charge is 2.25. The Morgan fingerprint density at radius 1 is 1.06 bits per heavy atom. The van der Waals surface area contributed by atoms with E-state index >= 15 is 0 Å². The highest BCUT2D eigenvalue weighted by Crippen LogP contribution is 2.30. The normalized spacial score (nSPS) is 12.2. The van der Waals surface area contributed by atoms with Gasteiger partial charge in [-0.05, 0) is 37.6 Å². The monoisotopic (exact) mass is 463 g/mol. The van der Waals surface area contributed by atoms with Gasteiger partial charge >= 0.3 is 0 Å². The van der Waals surface area contributed by atoms with E-state index < -0.39 is 22.5 Å². The summed E-state index contributed by atoms with van der Waals surface area (Å²) in [6.07, 6.45) is 0.763. The summed E-state index contributed by atoms with van der Waals surface area (Å²) in [7, 11) is 0.178. The average Bonchev–Trinajstić information content (AvgIpc) is 2.78. The number of amides is 2. The highest BCUT2D eigenvalue weighted by molar-refractivity contribution is 7.89. The first kappa shape index (κ1) is 25.2. The van der Waals surface area contributed by atoms with Gasteiger partial charge in [0.25, 0.3) is 5.91 Å². The second-order valence-electron chi connectivity index (χ2n) is 7.15. The van der Waals surface area contributed by atoms with Crippen LogP contribution in [0, 0.1) is 0 Å². The Morgan fingerprint density at radius 2 is 1.72 bits per heavy atom. The van der Waals surface area contributed by atoms with Gasteiger partial charge in [0, 0.05) is 19.2 Å². The third-order valence-electron chi connectivity index (χ3n) is 4.87. The van der Waals surface area contributed by atoms with Crippen LogP contribution in [0.5, 0.6) is 11.5 Å². The van der Waals surface area contributed by atoms with Crippen LogP contribution in [0.15, 0.2) is 47.4 Å². The molecule has 0 saturated carbocycles. The van der Waals surface area contributed by atoms with Gasteiger partial charge in [-0.3, -0.25) is 9.59 Å². The van der Waals surface area contributed by atoms with Crippen molar-refractivity contribution in [2.24, 2.45) is 0 Å². The van der Waals surface area contributed by atoms with E-state index in [1.807, 2.05) is 13.8 Å². The molecule has 0 unspecified atom stereocenters. The van der Waals surface area contributed by atoms with Gasteiger partial charge in [0.15, 0.2) is 11.5 Å². The van der Waals surface area contributed by atoms with Crippen LogP contribution in [0.2, 0.25) is 0 Å². The van der Waals surface area contributed by atoms with Gasteiger partial charge in [-0.2, -0.15) is 4.31 Å². The Bertz CT molecular complexity index is 1070. The number of ether oxygens (including phenoxy) is 2. The van der Waals surface area contributed by atoms with E-state index in [0.29, 0.717) is 17.0 Å². The Hall–Kier alpha value is -3.11. The first-order valence-electron chi connectivity index (χ1n) is 10.0. The molecule has 1 atom stereocenters. The van der Waals surface area contributed by atoms with E-state index in [-0.39, 0.29) is 22.6 Å². The van der Waals surface area contributed by atoms with Gasteiger partial charge in [0.05, 0.1) is 36.9 Å². The van der Waals surface area contributed by atoms with Crippen LogP contribution in [-0.2, 0) is 14.8 Å². The predicted octanol–water partition coefficient (Wildman–Crippen LogP) is 2.49. The summed E-state index contributed by atoms with van der Waals surface area (Å²) in [4.78, 5) is 25.0. The van der Waals surface area contributed by atoms with Crippen LogP contribution in [0.1, 0.15) is 30.6 Å². The van der Waals surface area contributed by atoms with Gasteiger partial charge in [-0.1, -0.05) is 19.1 Å². The number of hydrogen-bond acceptors (Lipinski definition) is 6. The van der Waals surface area contributed by atoms with E-state index in [0.717, 1.165) is 10.7 Å². The Labute approximate surface area is 188 Å². The van der Waals surface area contributed by atoms with Crippen LogP contribution in [0.25, 0.3) is 0 Å². The number of hydrogen-bond donors (Lipinski definition) is 2. The summed E-state index contributed by atoms with van der Waals surface area (Å²) in [5.41, 5.74) is 0.599. The van der Waals surface area contributed by atoms with Crippen molar-refractivity contribution in [2.75, 3.05) is 33.1 Å². The fourth-order valence-corrected chi connectivity index (χ4v) is 3.97. The van der Waals surface area contributed by atoms with Crippen LogP contribution >= 0.6 is 0 Å². The number of carbonyl (C=O) groups is 2. The maximum absolute atomic E-state index is 12.9. The zero-order chi connectivity index (χ0) is 23.9. The molecule has 0 aliphatic carbocycles. The molecule has 0 aromatic heterocycles. The van der Waals surface area contributed by atoms with Crippen molar-refractivity contribution in [3.8, 4) is 11.5 Å². The molecule has 0 spiro atoms. The number of rotatable bonds is 10. The predicted molar refractivity (Wildman–Crippen MR) is 122 cm³/mol. The summed E-state index contributed by atoms with van der Waals surface area (Å²) in [6, 6.07) is 10.7. The molecule has 2 amide bonds. The smallest absolute Gasteiger partial charge is 0.253 e. The van der Waals surface area contributed by atoms with E-state index in [4.69, 9.17) is 9.47 Å². The molecule has 2 aromatic carbocycles. The number of carbonyl (C=O) groups excluding carboxylic acids is 2. The topological polar surface area (TPSA) is 114 Å². The van der Waals surface area contributed by atoms with E-state index in [1.54, 1.807) is 24.3 Å². The van der Waals surface area contributed by atoms with Gasteiger partial charge < -0.3 is 20.1 Å². The van der Waals surface area contributed by atoms with Gasteiger partial charge in [-0.15, -0.1) is 0 Å². The highest BCUT2D eigenvalue weighted by atomic mass is 32.2. The lowest BCUT2D eigenvalue weighted by molar-refractivity contribution is -0.116. The molecular formula is C22H29N3O6S. The lowest BCUT2D eigenvalue weighted by Crippen LogP contribution is -2.36. The number of benzene rings is 2. The summed E-state index contributed by atoms with van der Waals surface area (Å²) < 4.78 is 37.0. The summed E-state index contributed by atoms with van der Waals surface area (Å²) in [6.45, 7) is 3.39. The van der Waals surface area contributed by atoms with Crippen LogP contribution in [-0.4, -0.2) is 58.4 Å². The van der Waals surface area contributed by atoms with Crippen LogP contribution in [0.3, 0.4) is 0 Å². The molecule has 2 rings (SSSR count). The van der Waals surface area contributed by atoms with Crippen molar-refractivity contribution >= 4 is 27.5 Å². The third-order valence-corrected chi connectivity index (χ3v) is 6.66. The summed E-state index contributed by atoms with van der Waals surface area (Å²) >= 11 is 0. The molecular weight excluding hydrogens is 434 g/mol. The van der Waals surface area contributed by atoms with Gasteiger partial charge in [0.2, 0.25) is 15.9 Å². The number of nitrogens with one attached hydrogen (secondary N) is 2. The number of nitrogens with zero attached hydrogens (tertiary/aromatic N) is 1. The first-order valence-corrected chi connectivity index (χ1v) is 11.5. The van der Waals surface area contributed by atoms with Gasteiger partial charge in [0.1, 0.15) is 0 Å². The molecule has 0 aliphatic heterocycles. The standard InChI is InChI=1S/C22H29N3O6S/c1-6-15(2)23-22(27)17-9-7-8-10-18(17)24-21(26)14-25(3)32(28,29)16-11-12-19(30-4)20(13-16)31-5/h7-13,15H,6,14H2,1-5H3,(H,23,27)(H,24,26)/t15-/m1/s1. The molecule has 0 radical (unpaired) electrons. The number of likely N-dealkylation sites (N-methyl/N-ethyl adjacent to an activating group) is 1. The molecule has 32 heavy (non-hydrogen) atoms. The molecule has 174 valence electrons. The molecule has 0 saturated heterocycles. The van der Waals surface area contributed by atoms with Crippen molar-refractivity contribution in [1.29, 1.82) is 0 Å². The fourth-order valence-electron chi connectivity index (χ4n) is 2.83. The van der Waals surface area contributed by atoms with Crippen LogP contribution in [0.4, 0.5) is 5.69 Å². The summed E-state index contributed by atoms with van der Waals surface area (Å²) in [5, 5.41) is 5.47. The lowest BCUT2D eigenvalue weighted by atomic mass is 10.1. The maximum Gasteiger partial charge on any atom is 0.253 e. The number of para-hydroxylation sites is 1. The summed E-state index contributed by atoms with van der Waals surface area (Å²) in [5.74, 6) is -0.256. The lowest BCUT2D eigenvalue weighted by Gasteiger charge is -2.19. The quantitative estimate of drug-likeness (QED) is 0.560. The molecule has 0 fully saturated rings. The van der Waals surface area contributed by atoms with E-state index in [1.165, 1.54) is 39.5 Å². The molecule has 0 aliphatic rings. The Balaban J connectivity index is 2.16. The minimum absolute atomic E-state index is 0.0241. The second-order valence-corrected chi connectivity index (χ2v) is 9.20. The second kappa shape index (κ2) is 11.0. The van der Waals surface area contributed by atoms with Crippen molar-refractivity contribution in [1.82, 2.24) is 9.62 Å². The number of anilines is 1. The van der Waals surface area contributed by atoms with Crippen molar-refractivity contribution in [2.45, 2.75) is 31.2 Å². The molecule has 2 N–H and O–H groups in total. The third kappa shape index (κ3) is 5.98. The van der Waals surface area contributed by atoms with Gasteiger partial charge in [-0.25, -0.2) is 8.42 Å².